The fraction of sp³-hybridized carbons (Fsp3) is 0.520. The van der Waals surface area contributed by atoms with Gasteiger partial charge in [0.1, 0.15) is 17.6 Å². The zero-order valence-corrected chi connectivity index (χ0v) is 18.8. The summed E-state index contributed by atoms with van der Waals surface area (Å²) in [4.78, 5) is 8.12. The van der Waals surface area contributed by atoms with E-state index < -0.39 is 11.5 Å². The monoisotopic (exact) mass is 437 g/mol. The predicted molar refractivity (Wildman–Crippen MR) is 124 cm³/mol. The van der Waals surface area contributed by atoms with Gasteiger partial charge in [0, 0.05) is 18.2 Å². The highest BCUT2D eigenvalue weighted by Gasteiger charge is 2.48. The molecule has 0 amide bonds. The fourth-order valence-corrected chi connectivity index (χ4v) is 5.42. The minimum atomic E-state index is -0.614. The van der Waals surface area contributed by atoms with E-state index in [2.05, 4.69) is 26.9 Å². The molecule has 1 saturated heterocycles. The number of hydrazone groups is 1. The summed E-state index contributed by atoms with van der Waals surface area (Å²) in [5.41, 5.74) is 6.84. The number of allylic oxidation sites excluding steroid dienone is 6. The van der Waals surface area contributed by atoms with E-state index in [1.54, 1.807) is 6.08 Å². The van der Waals surface area contributed by atoms with Crippen LogP contribution in [0.3, 0.4) is 0 Å². The third-order valence-corrected chi connectivity index (χ3v) is 7.40. The second-order valence-corrected chi connectivity index (χ2v) is 9.53. The number of aliphatic hydroxyl groups is 1. The number of aromatic nitrogens is 2. The molecule has 1 aromatic rings. The van der Waals surface area contributed by atoms with Gasteiger partial charge in [-0.15, -0.1) is 0 Å². The molecule has 0 aromatic carbocycles. The van der Waals surface area contributed by atoms with E-state index in [1.807, 2.05) is 26.1 Å². The summed E-state index contributed by atoms with van der Waals surface area (Å²) in [6, 6.07) is -0.555. The molecule has 170 valence electrons. The van der Waals surface area contributed by atoms with Gasteiger partial charge in [0.15, 0.2) is 5.82 Å². The molecule has 0 bridgehead atoms. The zero-order chi connectivity index (χ0) is 22.3. The Labute approximate surface area is 188 Å². The number of H-pyrrole nitrogens is 1. The number of imidazole rings is 1. The lowest BCUT2D eigenvalue weighted by Crippen LogP contribution is -2.41. The predicted octanol–water partition coefficient (Wildman–Crippen LogP) is 4.37. The molecule has 0 spiro atoms. The van der Waals surface area contributed by atoms with Crippen molar-refractivity contribution >= 4 is 5.71 Å². The molecule has 0 radical (unpaired) electrons. The average molecular weight is 438 g/mol. The van der Waals surface area contributed by atoms with Gasteiger partial charge in [-0.05, 0) is 75.3 Å². The highest BCUT2D eigenvalue weighted by atomic mass is 19.1. The van der Waals surface area contributed by atoms with Crippen LogP contribution in [0.2, 0.25) is 0 Å². The SMILES string of the molecule is CCC1=C(C2=C(F)C3NN=C(c4nc(CC5CCNCC5)c[nH]4)C3(C)C=C2)CCC(O)=C1. The number of hydrogen-bond acceptors (Lipinski definition) is 5. The normalized spacial score (nSPS) is 28.5. The zero-order valence-electron chi connectivity index (χ0n) is 18.8. The van der Waals surface area contributed by atoms with Gasteiger partial charge >= 0.3 is 0 Å². The standard InChI is InChI=1S/C25H32FN5O/c1-3-16-13-18(32)4-5-19(16)20-6-9-25(2)22(21(20)26)30-31-23(25)24-28-14-17(29-24)12-15-7-10-27-11-8-15/h6,9,13-15,22,27,30,32H,3-5,7-8,10-12H2,1-2H3,(H,28,29). The Morgan fingerprint density at radius 2 is 2.06 bits per heavy atom. The van der Waals surface area contributed by atoms with Crippen molar-refractivity contribution in [3.8, 4) is 0 Å². The van der Waals surface area contributed by atoms with Crippen LogP contribution < -0.4 is 10.7 Å². The molecule has 32 heavy (non-hydrogen) atoms. The Hall–Kier alpha value is -2.67. The summed E-state index contributed by atoms with van der Waals surface area (Å²) < 4.78 is 15.8. The van der Waals surface area contributed by atoms with Crippen molar-refractivity contribution in [2.75, 3.05) is 13.1 Å². The molecule has 3 heterocycles. The van der Waals surface area contributed by atoms with Crippen LogP contribution in [0.1, 0.15) is 57.5 Å². The maximum absolute atomic E-state index is 15.8. The summed E-state index contributed by atoms with van der Waals surface area (Å²) >= 11 is 0. The molecule has 1 fully saturated rings. The maximum atomic E-state index is 15.8. The lowest BCUT2D eigenvalue weighted by Gasteiger charge is -2.33. The van der Waals surface area contributed by atoms with Gasteiger partial charge in [-0.25, -0.2) is 9.37 Å². The van der Waals surface area contributed by atoms with Crippen LogP contribution in [0.25, 0.3) is 0 Å². The van der Waals surface area contributed by atoms with Crippen molar-refractivity contribution in [3.05, 3.63) is 64.2 Å². The van der Waals surface area contributed by atoms with E-state index in [-0.39, 0.29) is 5.83 Å². The van der Waals surface area contributed by atoms with Crippen molar-refractivity contribution in [3.63, 3.8) is 0 Å². The van der Waals surface area contributed by atoms with Gasteiger partial charge in [-0.3, -0.25) is 5.43 Å². The van der Waals surface area contributed by atoms with Crippen molar-refractivity contribution in [1.29, 1.82) is 0 Å². The third kappa shape index (κ3) is 3.62. The lowest BCUT2D eigenvalue weighted by atomic mass is 9.72. The Morgan fingerprint density at radius 1 is 1.25 bits per heavy atom. The number of aromatic amines is 1. The highest BCUT2D eigenvalue weighted by molar-refractivity contribution is 6.05. The number of fused-ring (bicyclic) bond motifs is 1. The van der Waals surface area contributed by atoms with Crippen LogP contribution >= 0.6 is 0 Å². The lowest BCUT2D eigenvalue weighted by molar-refractivity contribution is 0.370. The molecule has 4 aliphatic rings. The quantitative estimate of drug-likeness (QED) is 0.551. The van der Waals surface area contributed by atoms with Crippen molar-refractivity contribution in [2.24, 2.45) is 16.4 Å². The first-order chi connectivity index (χ1) is 15.5. The molecule has 0 saturated carbocycles. The third-order valence-electron chi connectivity index (χ3n) is 7.40. The number of nitrogens with one attached hydrogen (secondary N) is 3. The fourth-order valence-electron chi connectivity index (χ4n) is 5.42. The summed E-state index contributed by atoms with van der Waals surface area (Å²) in [7, 11) is 0. The molecule has 2 aliphatic heterocycles. The van der Waals surface area contributed by atoms with Gasteiger partial charge in [0.05, 0.1) is 16.9 Å². The molecule has 2 unspecified atom stereocenters. The van der Waals surface area contributed by atoms with Crippen LogP contribution in [0, 0.1) is 11.3 Å². The molecule has 2 atom stereocenters. The van der Waals surface area contributed by atoms with Gasteiger partial charge in [0.2, 0.25) is 0 Å². The minimum Gasteiger partial charge on any atom is -0.512 e. The van der Waals surface area contributed by atoms with Crippen molar-refractivity contribution in [1.82, 2.24) is 20.7 Å². The number of halogens is 1. The van der Waals surface area contributed by atoms with Gasteiger partial charge < -0.3 is 15.4 Å². The first-order valence-corrected chi connectivity index (χ1v) is 11.8. The molecular weight excluding hydrogens is 405 g/mol. The van der Waals surface area contributed by atoms with Crippen LogP contribution in [-0.4, -0.2) is 39.9 Å². The van der Waals surface area contributed by atoms with Crippen LogP contribution in [0.4, 0.5) is 4.39 Å². The molecular formula is C25H32FN5O. The number of nitrogens with zero attached hydrogens (tertiary/aromatic N) is 2. The Bertz CT molecular complexity index is 1060. The van der Waals surface area contributed by atoms with E-state index in [0.717, 1.165) is 48.5 Å². The second kappa shape index (κ2) is 8.35. The largest absolute Gasteiger partial charge is 0.512 e. The first kappa shape index (κ1) is 21.2. The topological polar surface area (TPSA) is 85.3 Å². The van der Waals surface area contributed by atoms with Gasteiger partial charge in [-0.1, -0.05) is 19.1 Å². The minimum absolute atomic E-state index is 0.189. The summed E-state index contributed by atoms with van der Waals surface area (Å²) in [5, 5.41) is 17.8. The molecule has 6 nitrogen and oxygen atoms in total. The van der Waals surface area contributed by atoms with E-state index >= 15 is 4.39 Å². The maximum Gasteiger partial charge on any atom is 0.154 e. The number of aliphatic hydroxyl groups excluding tert-OH is 1. The van der Waals surface area contributed by atoms with Crippen LogP contribution in [-0.2, 0) is 6.42 Å². The molecule has 7 heteroatoms. The second-order valence-electron chi connectivity index (χ2n) is 9.53. The smallest absolute Gasteiger partial charge is 0.154 e. The van der Waals surface area contributed by atoms with Crippen LogP contribution in [0.5, 0.6) is 0 Å². The van der Waals surface area contributed by atoms with Crippen molar-refractivity contribution < 1.29 is 9.50 Å². The Balaban J connectivity index is 1.39. The van der Waals surface area contributed by atoms with E-state index in [0.29, 0.717) is 35.9 Å². The first-order valence-electron chi connectivity index (χ1n) is 11.8. The molecule has 4 N–H and O–H groups in total. The van der Waals surface area contributed by atoms with Crippen molar-refractivity contribution in [2.45, 2.75) is 58.4 Å². The molecule has 1 aromatic heterocycles. The van der Waals surface area contributed by atoms with Gasteiger partial charge in [0.25, 0.3) is 0 Å². The number of rotatable bonds is 5. The number of piperidine rings is 1. The Kier molecular flexibility index (Phi) is 5.53. The Morgan fingerprint density at radius 3 is 2.84 bits per heavy atom. The summed E-state index contributed by atoms with van der Waals surface area (Å²) in [6.07, 6.45) is 13.0. The summed E-state index contributed by atoms with van der Waals surface area (Å²) in [5.74, 6) is 1.55. The molecule has 2 aliphatic carbocycles. The average Bonchev–Trinajstić information content (AvgIpc) is 3.39. The molecule has 5 rings (SSSR count). The van der Waals surface area contributed by atoms with Gasteiger partial charge in [-0.2, -0.15) is 5.10 Å². The summed E-state index contributed by atoms with van der Waals surface area (Å²) in [6.45, 7) is 6.19. The van der Waals surface area contributed by atoms with E-state index in [1.165, 1.54) is 12.8 Å². The van der Waals surface area contributed by atoms with E-state index in [9.17, 15) is 5.11 Å². The van der Waals surface area contributed by atoms with Crippen LogP contribution in [0.15, 0.2) is 57.8 Å². The van der Waals surface area contributed by atoms with E-state index in [4.69, 9.17) is 4.98 Å². The number of hydrogen-bond donors (Lipinski definition) is 4. The highest BCUT2D eigenvalue weighted by Crippen LogP contribution is 2.44.